The summed E-state index contributed by atoms with van der Waals surface area (Å²) in [6.45, 7) is 3.17. The molecule has 6 nitrogen and oxygen atoms in total. The fraction of sp³-hybridized carbons (Fsp3) is 0.400. The van der Waals surface area contributed by atoms with Crippen LogP contribution in [-0.4, -0.2) is 39.5 Å². The molecule has 2 aromatic heterocycles. The van der Waals surface area contributed by atoms with Crippen molar-refractivity contribution in [3.8, 4) is 5.75 Å². The van der Waals surface area contributed by atoms with Crippen LogP contribution in [0.4, 0.5) is 0 Å². The van der Waals surface area contributed by atoms with E-state index in [2.05, 4.69) is 20.9 Å². The van der Waals surface area contributed by atoms with Gasteiger partial charge in [-0.05, 0) is 50.2 Å². The van der Waals surface area contributed by atoms with Crippen molar-refractivity contribution in [2.75, 3.05) is 19.7 Å². The first-order valence-corrected chi connectivity index (χ1v) is 9.30. The van der Waals surface area contributed by atoms with E-state index in [1.54, 1.807) is 0 Å². The first kappa shape index (κ1) is 19.6. The number of H-pyrrole nitrogens is 1. The second-order valence-electron chi connectivity index (χ2n) is 6.71. The van der Waals surface area contributed by atoms with Gasteiger partial charge in [0.05, 0.1) is 35.9 Å². The van der Waals surface area contributed by atoms with E-state index < -0.39 is 0 Å². The molecule has 3 N–H and O–H groups in total. The van der Waals surface area contributed by atoms with Crippen molar-refractivity contribution in [1.29, 1.82) is 0 Å². The van der Waals surface area contributed by atoms with Crippen LogP contribution in [0.2, 0.25) is 0 Å². The standard InChI is InChI=1S/C20H25N5O.ClH/c21-10-3-4-12-25(14-19-23-15-6-1-2-7-16(15)24-19)17-9-13-26-18-8-5-11-22-20(17)18;/h1-2,5-8,11,17H,3-4,9-10,12-14,21H2,(H,23,24);1H. The lowest BCUT2D eigenvalue weighted by Gasteiger charge is -2.34. The number of benzene rings is 1. The molecule has 1 atom stereocenters. The van der Waals surface area contributed by atoms with Gasteiger partial charge in [0, 0.05) is 12.6 Å². The number of nitrogens with two attached hydrogens (primary N) is 1. The number of hydrogen-bond acceptors (Lipinski definition) is 5. The van der Waals surface area contributed by atoms with Gasteiger partial charge in [0.15, 0.2) is 0 Å². The second-order valence-corrected chi connectivity index (χ2v) is 6.71. The number of aromatic amines is 1. The van der Waals surface area contributed by atoms with Gasteiger partial charge in [-0.25, -0.2) is 4.98 Å². The Morgan fingerprint density at radius 3 is 2.93 bits per heavy atom. The average molecular weight is 388 g/mol. The molecule has 144 valence electrons. The number of hydrogen-bond donors (Lipinski definition) is 2. The van der Waals surface area contributed by atoms with Gasteiger partial charge in [-0.15, -0.1) is 12.4 Å². The van der Waals surface area contributed by atoms with Gasteiger partial charge in [0.2, 0.25) is 0 Å². The third-order valence-electron chi connectivity index (χ3n) is 4.90. The quantitative estimate of drug-likeness (QED) is 0.607. The molecule has 1 aliphatic heterocycles. The number of fused-ring (bicyclic) bond motifs is 2. The smallest absolute Gasteiger partial charge is 0.142 e. The van der Waals surface area contributed by atoms with Crippen molar-refractivity contribution < 1.29 is 4.74 Å². The Morgan fingerprint density at radius 2 is 2.07 bits per heavy atom. The highest BCUT2D eigenvalue weighted by Gasteiger charge is 2.28. The summed E-state index contributed by atoms with van der Waals surface area (Å²) in [6.07, 6.45) is 4.87. The molecular formula is C20H26ClN5O. The van der Waals surface area contributed by atoms with Crippen LogP contribution in [0, 0.1) is 0 Å². The van der Waals surface area contributed by atoms with Crippen LogP contribution in [0.25, 0.3) is 11.0 Å². The van der Waals surface area contributed by atoms with Gasteiger partial charge in [0.25, 0.3) is 0 Å². The van der Waals surface area contributed by atoms with Gasteiger partial charge < -0.3 is 15.5 Å². The number of para-hydroxylation sites is 2. The zero-order valence-corrected chi connectivity index (χ0v) is 16.1. The summed E-state index contributed by atoms with van der Waals surface area (Å²) in [5.74, 6) is 1.89. The first-order valence-electron chi connectivity index (χ1n) is 9.30. The average Bonchev–Trinajstić information content (AvgIpc) is 3.09. The van der Waals surface area contributed by atoms with E-state index >= 15 is 0 Å². The number of unbranched alkanes of at least 4 members (excludes halogenated alkanes) is 1. The third kappa shape index (κ3) is 4.40. The van der Waals surface area contributed by atoms with Crippen LogP contribution in [0.15, 0.2) is 42.6 Å². The molecule has 0 radical (unpaired) electrons. The lowest BCUT2D eigenvalue weighted by Crippen LogP contribution is -2.34. The van der Waals surface area contributed by atoms with Crippen LogP contribution < -0.4 is 10.5 Å². The molecule has 0 saturated heterocycles. The molecule has 0 amide bonds. The Morgan fingerprint density at radius 1 is 1.19 bits per heavy atom. The molecule has 0 spiro atoms. The van der Waals surface area contributed by atoms with Crippen molar-refractivity contribution in [1.82, 2.24) is 19.9 Å². The third-order valence-corrected chi connectivity index (χ3v) is 4.90. The van der Waals surface area contributed by atoms with Crippen molar-refractivity contribution in [3.05, 3.63) is 54.1 Å². The molecule has 0 fully saturated rings. The van der Waals surface area contributed by atoms with E-state index in [0.29, 0.717) is 0 Å². The van der Waals surface area contributed by atoms with E-state index in [4.69, 9.17) is 15.5 Å². The Kier molecular flexibility index (Phi) is 6.66. The van der Waals surface area contributed by atoms with Crippen LogP contribution in [0.1, 0.15) is 36.8 Å². The lowest BCUT2D eigenvalue weighted by atomic mass is 10.0. The Hall–Kier alpha value is -2.15. The monoisotopic (exact) mass is 387 g/mol. The molecule has 7 heteroatoms. The van der Waals surface area contributed by atoms with Crippen molar-refractivity contribution >= 4 is 23.4 Å². The number of nitrogens with one attached hydrogen (secondary N) is 1. The minimum Gasteiger partial charge on any atom is -0.492 e. The molecule has 1 aliphatic rings. The minimum atomic E-state index is 0. The van der Waals surface area contributed by atoms with Crippen LogP contribution in [0.5, 0.6) is 5.75 Å². The summed E-state index contributed by atoms with van der Waals surface area (Å²) >= 11 is 0. The molecule has 1 aromatic carbocycles. The maximum Gasteiger partial charge on any atom is 0.142 e. The van der Waals surface area contributed by atoms with Gasteiger partial charge in [-0.1, -0.05) is 12.1 Å². The molecule has 1 unspecified atom stereocenters. The van der Waals surface area contributed by atoms with Gasteiger partial charge >= 0.3 is 0 Å². The molecule has 0 saturated carbocycles. The number of nitrogens with zero attached hydrogens (tertiary/aromatic N) is 3. The molecule has 3 aromatic rings. The lowest BCUT2D eigenvalue weighted by molar-refractivity contribution is 0.124. The van der Waals surface area contributed by atoms with E-state index in [-0.39, 0.29) is 18.4 Å². The fourth-order valence-electron chi connectivity index (χ4n) is 3.63. The Bertz CT molecular complexity index is 835. The highest BCUT2D eigenvalue weighted by molar-refractivity contribution is 5.85. The molecule has 27 heavy (non-hydrogen) atoms. The zero-order chi connectivity index (χ0) is 17.8. The molecule has 0 bridgehead atoms. The molecule has 0 aliphatic carbocycles. The SMILES string of the molecule is Cl.NCCCCN(Cc1nc2ccccc2[nH]1)C1CCOc2cccnc21. The normalized spacial score (nSPS) is 16.0. The summed E-state index contributed by atoms with van der Waals surface area (Å²) < 4.78 is 5.80. The number of halogens is 1. The van der Waals surface area contributed by atoms with Crippen molar-refractivity contribution in [2.45, 2.75) is 31.8 Å². The van der Waals surface area contributed by atoms with Gasteiger partial charge in [0.1, 0.15) is 11.6 Å². The Balaban J connectivity index is 0.00000210. The molecule has 4 rings (SSSR count). The van der Waals surface area contributed by atoms with Crippen molar-refractivity contribution in [3.63, 3.8) is 0 Å². The van der Waals surface area contributed by atoms with Crippen LogP contribution in [-0.2, 0) is 6.54 Å². The van der Waals surface area contributed by atoms with Gasteiger partial charge in [-0.2, -0.15) is 0 Å². The predicted octanol–water partition coefficient (Wildman–Crippen LogP) is 3.44. The summed E-state index contributed by atoms with van der Waals surface area (Å²) in [7, 11) is 0. The van der Waals surface area contributed by atoms with Crippen molar-refractivity contribution in [2.24, 2.45) is 5.73 Å². The van der Waals surface area contributed by atoms with Crippen LogP contribution in [0.3, 0.4) is 0 Å². The topological polar surface area (TPSA) is 80.1 Å². The van der Waals surface area contributed by atoms with E-state index in [1.807, 2.05) is 36.5 Å². The highest BCUT2D eigenvalue weighted by atomic mass is 35.5. The second kappa shape index (κ2) is 9.17. The molecule has 3 heterocycles. The summed E-state index contributed by atoms with van der Waals surface area (Å²) in [5, 5.41) is 0. The highest BCUT2D eigenvalue weighted by Crippen LogP contribution is 2.35. The molecular weight excluding hydrogens is 362 g/mol. The summed E-state index contributed by atoms with van der Waals surface area (Å²) in [5.41, 5.74) is 8.82. The summed E-state index contributed by atoms with van der Waals surface area (Å²) in [4.78, 5) is 15.3. The van der Waals surface area contributed by atoms with Gasteiger partial charge in [-0.3, -0.25) is 9.88 Å². The number of pyridine rings is 1. The van der Waals surface area contributed by atoms with E-state index in [0.717, 1.165) is 73.8 Å². The number of imidazole rings is 1. The number of ether oxygens (including phenoxy) is 1. The number of aromatic nitrogens is 3. The number of rotatable bonds is 7. The predicted molar refractivity (Wildman–Crippen MR) is 109 cm³/mol. The summed E-state index contributed by atoms with van der Waals surface area (Å²) in [6, 6.07) is 12.3. The van der Waals surface area contributed by atoms with E-state index in [1.165, 1.54) is 0 Å². The Labute approximate surface area is 165 Å². The largest absolute Gasteiger partial charge is 0.492 e. The first-order chi connectivity index (χ1) is 12.8. The van der Waals surface area contributed by atoms with Crippen LogP contribution >= 0.6 is 12.4 Å². The van der Waals surface area contributed by atoms with E-state index in [9.17, 15) is 0 Å². The fourth-order valence-corrected chi connectivity index (χ4v) is 3.63. The zero-order valence-electron chi connectivity index (χ0n) is 15.3. The maximum absolute atomic E-state index is 5.80. The minimum absolute atomic E-state index is 0. The maximum atomic E-state index is 5.80.